The van der Waals surface area contributed by atoms with Crippen molar-refractivity contribution in [3.8, 4) is 0 Å². The summed E-state index contributed by atoms with van der Waals surface area (Å²) in [6.45, 7) is 0.0831. The van der Waals surface area contributed by atoms with Crippen LogP contribution in [0.3, 0.4) is 0 Å². The smallest absolute Gasteiger partial charge is 0.343 e. The van der Waals surface area contributed by atoms with Crippen LogP contribution in [0.4, 0.5) is 5.69 Å². The molecule has 0 spiro atoms. The third kappa shape index (κ3) is 2.53. The van der Waals surface area contributed by atoms with Crippen molar-refractivity contribution in [2.45, 2.75) is 6.54 Å². The fourth-order valence-electron chi connectivity index (χ4n) is 1.28. The number of aromatic carboxylic acids is 1. The number of nitro groups is 1. The van der Waals surface area contributed by atoms with Gasteiger partial charge in [0.2, 0.25) is 0 Å². The first-order valence-electron chi connectivity index (χ1n) is 4.33. The van der Waals surface area contributed by atoms with E-state index in [-0.39, 0.29) is 12.1 Å². The average molecular weight is 226 g/mol. The van der Waals surface area contributed by atoms with Crippen molar-refractivity contribution in [3.05, 3.63) is 39.4 Å². The van der Waals surface area contributed by atoms with Crippen molar-refractivity contribution >= 4 is 11.7 Å². The number of nitrogens with zero attached hydrogens (tertiary/aromatic N) is 1. The quantitative estimate of drug-likeness (QED) is 0.572. The molecule has 0 radical (unpaired) electrons. The highest BCUT2D eigenvalue weighted by atomic mass is 16.6. The molecule has 0 bridgehead atoms. The summed E-state index contributed by atoms with van der Waals surface area (Å²) in [4.78, 5) is 25.4. The van der Waals surface area contributed by atoms with E-state index in [1.54, 1.807) is 0 Å². The van der Waals surface area contributed by atoms with E-state index in [9.17, 15) is 14.9 Å². The van der Waals surface area contributed by atoms with E-state index in [1.165, 1.54) is 19.2 Å². The van der Waals surface area contributed by atoms with E-state index < -0.39 is 16.6 Å². The molecule has 7 nitrogen and oxygen atoms in total. The summed E-state index contributed by atoms with van der Waals surface area (Å²) in [5.74, 6) is -1.33. The minimum Gasteiger partial charge on any atom is -0.477 e. The maximum atomic E-state index is 10.9. The second kappa shape index (κ2) is 5.19. The molecule has 0 aliphatic heterocycles. The second-order valence-electron chi connectivity index (χ2n) is 2.90. The van der Waals surface area contributed by atoms with Crippen LogP contribution in [0.25, 0.3) is 0 Å². The van der Waals surface area contributed by atoms with E-state index in [2.05, 4.69) is 10.3 Å². The third-order valence-electron chi connectivity index (χ3n) is 1.95. The van der Waals surface area contributed by atoms with Gasteiger partial charge in [0.25, 0.3) is 5.69 Å². The van der Waals surface area contributed by atoms with Gasteiger partial charge in [-0.1, -0.05) is 12.1 Å². The minimum atomic E-state index is -1.33. The molecule has 0 heterocycles. The van der Waals surface area contributed by atoms with Gasteiger partial charge in [-0.15, -0.1) is 0 Å². The van der Waals surface area contributed by atoms with Crippen LogP contribution in [0.5, 0.6) is 0 Å². The molecule has 86 valence electrons. The summed E-state index contributed by atoms with van der Waals surface area (Å²) < 4.78 is 0. The Bertz CT molecular complexity index is 418. The summed E-state index contributed by atoms with van der Waals surface area (Å²) in [5.41, 5.74) is 1.98. The molecule has 0 amide bonds. The number of rotatable bonds is 5. The maximum Gasteiger partial charge on any atom is 0.343 e. The molecule has 0 aliphatic carbocycles. The van der Waals surface area contributed by atoms with Gasteiger partial charge in [-0.2, -0.15) is 5.48 Å². The van der Waals surface area contributed by atoms with Crippen LogP contribution in [0.2, 0.25) is 0 Å². The molecule has 0 atom stereocenters. The van der Waals surface area contributed by atoms with Crippen molar-refractivity contribution in [2.24, 2.45) is 0 Å². The first kappa shape index (κ1) is 12.1. The van der Waals surface area contributed by atoms with Crippen LogP contribution in [0.15, 0.2) is 18.2 Å². The van der Waals surface area contributed by atoms with Crippen molar-refractivity contribution in [2.75, 3.05) is 7.11 Å². The van der Waals surface area contributed by atoms with E-state index in [0.29, 0.717) is 5.56 Å². The standard InChI is InChI=1S/C9H10N2O5/c1-16-10-5-6-3-2-4-7(11(14)15)8(6)9(12)13/h2-4,10H,5H2,1H3,(H,12,13). The van der Waals surface area contributed by atoms with E-state index >= 15 is 0 Å². The SMILES string of the molecule is CONCc1cccc([N+](=O)[O-])c1C(=O)O. The normalized spacial score (nSPS) is 10.1. The number of nitro benzene ring substituents is 1. The fraction of sp³-hybridized carbons (Fsp3) is 0.222. The Balaban J connectivity index is 3.21. The maximum absolute atomic E-state index is 10.9. The third-order valence-corrected chi connectivity index (χ3v) is 1.95. The van der Waals surface area contributed by atoms with E-state index in [1.807, 2.05) is 0 Å². The monoisotopic (exact) mass is 226 g/mol. The Morgan fingerprint density at radius 2 is 2.31 bits per heavy atom. The summed E-state index contributed by atoms with van der Waals surface area (Å²) in [6.07, 6.45) is 0. The molecule has 1 rings (SSSR count). The Kier molecular flexibility index (Phi) is 3.92. The lowest BCUT2D eigenvalue weighted by Crippen LogP contribution is -2.15. The Labute approximate surface area is 90.8 Å². The van der Waals surface area contributed by atoms with Crippen LogP contribution >= 0.6 is 0 Å². The molecule has 1 aromatic rings. The first-order chi connectivity index (χ1) is 7.57. The Morgan fingerprint density at radius 3 is 2.81 bits per heavy atom. The molecule has 16 heavy (non-hydrogen) atoms. The molecule has 0 fully saturated rings. The zero-order chi connectivity index (χ0) is 12.1. The van der Waals surface area contributed by atoms with E-state index in [0.717, 1.165) is 6.07 Å². The minimum absolute atomic E-state index is 0.0831. The van der Waals surface area contributed by atoms with Gasteiger partial charge in [-0.3, -0.25) is 10.1 Å². The Morgan fingerprint density at radius 1 is 1.62 bits per heavy atom. The zero-order valence-corrected chi connectivity index (χ0v) is 8.47. The molecular formula is C9H10N2O5. The predicted octanol–water partition coefficient (Wildman–Crippen LogP) is 0.944. The number of carbonyl (C=O) groups is 1. The van der Waals surface area contributed by atoms with Gasteiger partial charge in [0.15, 0.2) is 0 Å². The topological polar surface area (TPSA) is 102 Å². The highest BCUT2D eigenvalue weighted by Gasteiger charge is 2.22. The average Bonchev–Trinajstić information content (AvgIpc) is 2.25. The number of hydrogen-bond acceptors (Lipinski definition) is 5. The van der Waals surface area contributed by atoms with E-state index in [4.69, 9.17) is 5.11 Å². The molecule has 0 saturated heterocycles. The van der Waals surface area contributed by atoms with Gasteiger partial charge in [-0.25, -0.2) is 4.79 Å². The van der Waals surface area contributed by atoms with Crippen molar-refractivity contribution in [3.63, 3.8) is 0 Å². The van der Waals surface area contributed by atoms with Gasteiger partial charge in [0.05, 0.1) is 12.0 Å². The number of hydrogen-bond donors (Lipinski definition) is 2. The summed E-state index contributed by atoms with van der Waals surface area (Å²) in [6, 6.07) is 4.07. The fourth-order valence-corrected chi connectivity index (χ4v) is 1.28. The highest BCUT2D eigenvalue weighted by molar-refractivity contribution is 5.94. The highest BCUT2D eigenvalue weighted by Crippen LogP contribution is 2.22. The van der Waals surface area contributed by atoms with Gasteiger partial charge in [0.1, 0.15) is 5.56 Å². The van der Waals surface area contributed by atoms with Gasteiger partial charge in [0, 0.05) is 12.6 Å². The van der Waals surface area contributed by atoms with Crippen molar-refractivity contribution < 1.29 is 19.7 Å². The molecule has 0 aromatic heterocycles. The number of carboxylic acid groups (broad SMARTS) is 1. The number of hydroxylamine groups is 1. The van der Waals surface area contributed by atoms with Gasteiger partial charge >= 0.3 is 5.97 Å². The van der Waals surface area contributed by atoms with Crippen LogP contribution in [0.1, 0.15) is 15.9 Å². The lowest BCUT2D eigenvalue weighted by atomic mass is 10.1. The van der Waals surface area contributed by atoms with Crippen LogP contribution in [0, 0.1) is 10.1 Å². The summed E-state index contributed by atoms with van der Waals surface area (Å²) in [5, 5.41) is 19.6. The first-order valence-corrected chi connectivity index (χ1v) is 4.33. The lowest BCUT2D eigenvalue weighted by molar-refractivity contribution is -0.385. The van der Waals surface area contributed by atoms with Crippen molar-refractivity contribution in [1.82, 2.24) is 5.48 Å². The largest absolute Gasteiger partial charge is 0.477 e. The zero-order valence-electron chi connectivity index (χ0n) is 8.47. The Hall–Kier alpha value is -1.99. The molecule has 1 aromatic carbocycles. The van der Waals surface area contributed by atoms with Crippen molar-refractivity contribution in [1.29, 1.82) is 0 Å². The number of nitrogens with one attached hydrogen (secondary N) is 1. The molecule has 0 saturated carbocycles. The van der Waals surface area contributed by atoms with Gasteiger partial charge in [-0.05, 0) is 5.56 Å². The number of carboxylic acids is 1. The van der Waals surface area contributed by atoms with Crippen LogP contribution < -0.4 is 5.48 Å². The number of benzene rings is 1. The predicted molar refractivity (Wildman–Crippen MR) is 53.9 cm³/mol. The second-order valence-corrected chi connectivity index (χ2v) is 2.90. The van der Waals surface area contributed by atoms with Gasteiger partial charge < -0.3 is 9.94 Å². The lowest BCUT2D eigenvalue weighted by Gasteiger charge is -2.06. The molecular weight excluding hydrogens is 216 g/mol. The molecule has 0 aliphatic rings. The summed E-state index contributed by atoms with van der Waals surface area (Å²) in [7, 11) is 1.37. The molecule has 0 unspecified atom stereocenters. The molecule has 7 heteroatoms. The van der Waals surface area contributed by atoms with Crippen LogP contribution in [-0.4, -0.2) is 23.1 Å². The molecule has 2 N–H and O–H groups in total. The van der Waals surface area contributed by atoms with Crippen LogP contribution in [-0.2, 0) is 11.4 Å². The summed E-state index contributed by atoms with van der Waals surface area (Å²) >= 11 is 0.